The number of amides is 1. The number of aryl methyl sites for hydroxylation is 2. The van der Waals surface area contributed by atoms with Crippen molar-refractivity contribution in [2.24, 2.45) is 0 Å². The van der Waals surface area contributed by atoms with Crippen molar-refractivity contribution < 1.29 is 18.0 Å². The number of carbonyl (C=O) groups is 1. The molecule has 0 unspecified atom stereocenters. The quantitative estimate of drug-likeness (QED) is 0.605. The van der Waals surface area contributed by atoms with Crippen LogP contribution in [0.25, 0.3) is 0 Å². The summed E-state index contributed by atoms with van der Waals surface area (Å²) in [6.07, 6.45) is -1.58. The molecule has 3 aromatic rings. The lowest BCUT2D eigenvalue weighted by Gasteiger charge is -2.13. The molecule has 0 bridgehead atoms. The molecular weight excluding hydrogens is 367 g/mol. The molecule has 2 N–H and O–H groups in total. The Hall–Kier alpha value is -3.35. The van der Waals surface area contributed by atoms with Gasteiger partial charge in [0.25, 0.3) is 5.91 Å². The Morgan fingerprint density at radius 2 is 1.61 bits per heavy atom. The van der Waals surface area contributed by atoms with Gasteiger partial charge in [-0.2, -0.15) is 13.2 Å². The van der Waals surface area contributed by atoms with E-state index in [1.54, 1.807) is 0 Å². The highest BCUT2D eigenvalue weighted by molar-refractivity contribution is 6.05. The number of aromatic nitrogens is 1. The Morgan fingerprint density at radius 1 is 0.929 bits per heavy atom. The highest BCUT2D eigenvalue weighted by Gasteiger charge is 2.30. The van der Waals surface area contributed by atoms with Crippen molar-refractivity contribution in [3.05, 3.63) is 83.2 Å². The van der Waals surface area contributed by atoms with Gasteiger partial charge >= 0.3 is 6.18 Å². The van der Waals surface area contributed by atoms with Crippen molar-refractivity contribution in [2.75, 3.05) is 10.6 Å². The van der Waals surface area contributed by atoms with E-state index < -0.39 is 11.7 Å². The molecule has 0 atom stereocenters. The van der Waals surface area contributed by atoms with E-state index in [0.717, 1.165) is 28.9 Å². The molecule has 1 amide bonds. The van der Waals surface area contributed by atoms with E-state index in [2.05, 4.69) is 15.6 Å². The summed E-state index contributed by atoms with van der Waals surface area (Å²) in [4.78, 5) is 16.6. The van der Waals surface area contributed by atoms with Gasteiger partial charge in [0.2, 0.25) is 0 Å². The van der Waals surface area contributed by atoms with Gasteiger partial charge in [0, 0.05) is 17.6 Å². The van der Waals surface area contributed by atoms with Gasteiger partial charge in [-0.05, 0) is 49.2 Å². The molecule has 7 heteroatoms. The van der Waals surface area contributed by atoms with Gasteiger partial charge in [-0.3, -0.25) is 9.78 Å². The molecule has 1 aromatic heterocycles. The van der Waals surface area contributed by atoms with Crippen molar-refractivity contribution in [2.45, 2.75) is 20.0 Å². The minimum Gasteiger partial charge on any atom is -0.354 e. The van der Waals surface area contributed by atoms with E-state index >= 15 is 0 Å². The fourth-order valence-corrected chi connectivity index (χ4v) is 2.77. The number of carbonyl (C=O) groups excluding carboxylic acids is 1. The van der Waals surface area contributed by atoms with Gasteiger partial charge < -0.3 is 10.6 Å². The first-order valence-corrected chi connectivity index (χ1v) is 8.51. The molecule has 0 radical (unpaired) electrons. The number of halogens is 3. The fourth-order valence-electron chi connectivity index (χ4n) is 2.77. The molecule has 2 aromatic carbocycles. The summed E-state index contributed by atoms with van der Waals surface area (Å²) in [6, 6.07) is 12.1. The molecule has 0 aliphatic heterocycles. The molecule has 144 valence electrons. The van der Waals surface area contributed by atoms with Crippen molar-refractivity contribution in [3.8, 4) is 0 Å². The van der Waals surface area contributed by atoms with Gasteiger partial charge in [0.15, 0.2) is 0 Å². The molecule has 28 heavy (non-hydrogen) atoms. The molecule has 3 rings (SSSR count). The topological polar surface area (TPSA) is 54.0 Å². The maximum Gasteiger partial charge on any atom is 0.416 e. The van der Waals surface area contributed by atoms with Gasteiger partial charge in [-0.1, -0.05) is 24.3 Å². The van der Waals surface area contributed by atoms with Gasteiger partial charge in [0.1, 0.15) is 0 Å². The average molecular weight is 385 g/mol. The Morgan fingerprint density at radius 3 is 2.29 bits per heavy atom. The number of hydrogen-bond donors (Lipinski definition) is 2. The highest BCUT2D eigenvalue weighted by atomic mass is 19.4. The lowest BCUT2D eigenvalue weighted by Crippen LogP contribution is -2.14. The Labute approximate surface area is 160 Å². The third kappa shape index (κ3) is 4.49. The molecule has 0 spiro atoms. The summed E-state index contributed by atoms with van der Waals surface area (Å²) in [5.74, 6) is -0.349. The first kappa shape index (κ1) is 19.4. The number of rotatable bonds is 4. The largest absolute Gasteiger partial charge is 0.416 e. The van der Waals surface area contributed by atoms with Crippen molar-refractivity contribution in [3.63, 3.8) is 0 Å². The van der Waals surface area contributed by atoms with Crippen molar-refractivity contribution in [1.82, 2.24) is 4.98 Å². The summed E-state index contributed by atoms with van der Waals surface area (Å²) in [5.41, 5.74) is 2.79. The first-order chi connectivity index (χ1) is 13.2. The van der Waals surface area contributed by atoms with Gasteiger partial charge in [0.05, 0.1) is 23.0 Å². The predicted octanol–water partition coefficient (Wildman–Crippen LogP) is 5.71. The van der Waals surface area contributed by atoms with E-state index in [1.807, 2.05) is 32.0 Å². The Kier molecular flexibility index (Phi) is 5.35. The number of hydrogen-bond acceptors (Lipinski definition) is 3. The number of nitrogens with zero attached hydrogens (tertiary/aromatic N) is 1. The summed E-state index contributed by atoms with van der Waals surface area (Å²) < 4.78 is 38.6. The van der Waals surface area contributed by atoms with Gasteiger partial charge in [-0.25, -0.2) is 0 Å². The summed E-state index contributed by atoms with van der Waals surface area (Å²) in [6.45, 7) is 3.79. The van der Waals surface area contributed by atoms with Crippen LogP contribution in [0.4, 0.5) is 30.2 Å². The maximum atomic E-state index is 12.9. The van der Waals surface area contributed by atoms with Crippen LogP contribution >= 0.6 is 0 Å². The van der Waals surface area contributed by atoms with Gasteiger partial charge in [-0.15, -0.1) is 0 Å². The third-order valence-electron chi connectivity index (χ3n) is 4.20. The number of nitrogens with one attached hydrogen (secondary N) is 2. The zero-order valence-corrected chi connectivity index (χ0v) is 15.3. The zero-order chi connectivity index (χ0) is 20.3. The lowest BCUT2D eigenvalue weighted by molar-refractivity contribution is -0.137. The van der Waals surface area contributed by atoms with E-state index in [0.29, 0.717) is 11.3 Å². The van der Waals surface area contributed by atoms with Crippen LogP contribution in [0.3, 0.4) is 0 Å². The summed E-state index contributed by atoms with van der Waals surface area (Å²) in [7, 11) is 0. The van der Waals surface area contributed by atoms with Crippen LogP contribution in [0.1, 0.15) is 27.0 Å². The smallest absolute Gasteiger partial charge is 0.354 e. The lowest BCUT2D eigenvalue weighted by atomic mass is 10.1. The van der Waals surface area contributed by atoms with Crippen LogP contribution in [0, 0.1) is 13.8 Å². The maximum absolute atomic E-state index is 12.9. The third-order valence-corrected chi connectivity index (χ3v) is 4.20. The second-order valence-corrected chi connectivity index (χ2v) is 6.39. The zero-order valence-electron chi connectivity index (χ0n) is 15.3. The minimum absolute atomic E-state index is 0.254. The summed E-state index contributed by atoms with van der Waals surface area (Å²) >= 11 is 0. The SMILES string of the molecule is Cc1cccc(C)c1NC(=O)c1cncc(Nc2cccc(C(F)(F)F)c2)c1. The molecule has 0 aliphatic rings. The number of benzene rings is 2. The van der Waals surface area contributed by atoms with Crippen LogP contribution in [0.2, 0.25) is 0 Å². The molecular formula is C21H18F3N3O. The molecule has 0 saturated carbocycles. The van der Waals surface area contributed by atoms with Crippen LogP contribution in [-0.2, 0) is 6.18 Å². The van der Waals surface area contributed by atoms with Crippen molar-refractivity contribution in [1.29, 1.82) is 0 Å². The van der Waals surface area contributed by atoms with Crippen LogP contribution in [0.15, 0.2) is 60.9 Å². The number of pyridine rings is 1. The Balaban J connectivity index is 1.80. The van der Waals surface area contributed by atoms with Crippen LogP contribution in [-0.4, -0.2) is 10.9 Å². The highest BCUT2D eigenvalue weighted by Crippen LogP contribution is 2.31. The van der Waals surface area contributed by atoms with E-state index in [4.69, 9.17) is 0 Å². The van der Waals surface area contributed by atoms with Crippen LogP contribution < -0.4 is 10.6 Å². The molecule has 4 nitrogen and oxygen atoms in total. The van der Waals surface area contributed by atoms with E-state index in [9.17, 15) is 18.0 Å². The average Bonchev–Trinajstić information content (AvgIpc) is 2.64. The molecule has 0 aliphatic carbocycles. The van der Waals surface area contributed by atoms with E-state index in [1.165, 1.54) is 30.6 Å². The normalized spacial score (nSPS) is 11.2. The number of anilines is 3. The second kappa shape index (κ2) is 7.72. The molecule has 0 saturated heterocycles. The van der Waals surface area contributed by atoms with E-state index in [-0.39, 0.29) is 11.6 Å². The molecule has 1 heterocycles. The second-order valence-electron chi connectivity index (χ2n) is 6.39. The Bertz CT molecular complexity index is 996. The monoisotopic (exact) mass is 385 g/mol. The first-order valence-electron chi connectivity index (χ1n) is 8.51. The van der Waals surface area contributed by atoms with Crippen LogP contribution in [0.5, 0.6) is 0 Å². The number of alkyl halides is 3. The number of para-hydroxylation sites is 1. The minimum atomic E-state index is -4.43. The van der Waals surface area contributed by atoms with Crippen molar-refractivity contribution >= 4 is 23.0 Å². The fraction of sp³-hybridized carbons (Fsp3) is 0.143. The summed E-state index contributed by atoms with van der Waals surface area (Å²) in [5, 5.41) is 5.72. The molecule has 0 fully saturated rings. The predicted molar refractivity (Wildman–Crippen MR) is 103 cm³/mol. The standard InChI is InChI=1S/C21H18F3N3O/c1-13-5-3-6-14(2)19(13)27-20(28)15-9-18(12-25-11-15)26-17-8-4-7-16(10-17)21(22,23)24/h3-12,26H,1-2H3,(H,27,28).